The molecule has 7 nitrogen and oxygen atoms in total. The zero-order valence-electron chi connectivity index (χ0n) is 17.9. The lowest BCUT2D eigenvalue weighted by molar-refractivity contribution is -0.145. The van der Waals surface area contributed by atoms with E-state index in [4.69, 9.17) is 9.47 Å². The first kappa shape index (κ1) is 24.4. The molecule has 1 aromatic carbocycles. The normalized spacial score (nSPS) is 14.3. The molecule has 0 spiro atoms. The minimum Gasteiger partial charge on any atom is -0.469 e. The Morgan fingerprint density at radius 1 is 1.07 bits per heavy atom. The van der Waals surface area contributed by atoms with Crippen LogP contribution in [-0.4, -0.2) is 42.8 Å². The highest BCUT2D eigenvalue weighted by Crippen LogP contribution is 2.12. The fraction of sp³-hybridized carbons (Fsp3) is 0.571. The number of alkyl carbamates (subject to hydrolysis) is 1. The molecule has 3 atom stereocenters. The lowest BCUT2D eigenvalue weighted by Gasteiger charge is -2.25. The summed E-state index contributed by atoms with van der Waals surface area (Å²) < 4.78 is 23.0. The summed E-state index contributed by atoms with van der Waals surface area (Å²) in [4.78, 5) is 36.6. The standard InChI is InChI=1S/C21H31FN2O5/c1-13(19(26)28-6)11-17(24-20(27)29-21(3,4)5)18(25)23-14(2)12-15-7-9-16(22)10-8-15/h7-10,13-14,17H,11-12H2,1-6H3,(H,23,25)(H,24,27)/t13?,14?,17-/m0/s1. The van der Waals surface area contributed by atoms with Gasteiger partial charge in [0.15, 0.2) is 0 Å². The molecule has 0 aliphatic rings. The average Bonchev–Trinajstić information content (AvgIpc) is 2.60. The number of hydrogen-bond donors (Lipinski definition) is 2. The van der Waals surface area contributed by atoms with Gasteiger partial charge in [0.05, 0.1) is 13.0 Å². The fourth-order valence-corrected chi connectivity index (χ4v) is 2.70. The van der Waals surface area contributed by atoms with E-state index in [1.165, 1.54) is 19.2 Å². The molecule has 0 heterocycles. The number of carbonyl (C=O) groups excluding carboxylic acids is 3. The third kappa shape index (κ3) is 9.40. The minimum atomic E-state index is -0.977. The Labute approximate surface area is 171 Å². The van der Waals surface area contributed by atoms with Gasteiger partial charge in [-0.1, -0.05) is 19.1 Å². The Balaban J connectivity index is 2.80. The van der Waals surface area contributed by atoms with Gasteiger partial charge < -0.3 is 20.1 Å². The van der Waals surface area contributed by atoms with E-state index in [0.29, 0.717) is 6.42 Å². The molecule has 2 amide bonds. The SMILES string of the molecule is COC(=O)C(C)C[C@H](NC(=O)OC(C)(C)C)C(=O)NC(C)Cc1ccc(F)cc1. The average molecular weight is 410 g/mol. The zero-order valence-corrected chi connectivity index (χ0v) is 17.9. The van der Waals surface area contributed by atoms with Crippen molar-refractivity contribution < 1.29 is 28.2 Å². The Morgan fingerprint density at radius 2 is 1.66 bits per heavy atom. The summed E-state index contributed by atoms with van der Waals surface area (Å²) in [5, 5.41) is 5.35. The predicted octanol–water partition coefficient (Wildman–Crippen LogP) is 2.97. The molecular weight excluding hydrogens is 379 g/mol. The van der Waals surface area contributed by atoms with Crippen LogP contribution in [0.3, 0.4) is 0 Å². The van der Waals surface area contributed by atoms with Crippen molar-refractivity contribution in [2.45, 2.75) is 65.1 Å². The monoisotopic (exact) mass is 410 g/mol. The second kappa shape index (κ2) is 10.8. The Hall–Kier alpha value is -2.64. The molecule has 0 aromatic heterocycles. The van der Waals surface area contributed by atoms with Crippen LogP contribution in [0.15, 0.2) is 24.3 Å². The molecule has 0 aliphatic heterocycles. The van der Waals surface area contributed by atoms with Crippen LogP contribution < -0.4 is 10.6 Å². The molecule has 0 saturated carbocycles. The number of ether oxygens (including phenoxy) is 2. The maximum Gasteiger partial charge on any atom is 0.408 e. The number of rotatable bonds is 8. The summed E-state index contributed by atoms with van der Waals surface area (Å²) in [7, 11) is 1.26. The Bertz CT molecular complexity index is 700. The quantitative estimate of drug-likeness (QED) is 0.643. The van der Waals surface area contributed by atoms with E-state index >= 15 is 0 Å². The highest BCUT2D eigenvalue weighted by Gasteiger charge is 2.29. The van der Waals surface area contributed by atoms with Crippen LogP contribution in [0.1, 0.15) is 46.6 Å². The maximum absolute atomic E-state index is 13.0. The van der Waals surface area contributed by atoms with E-state index in [9.17, 15) is 18.8 Å². The minimum absolute atomic E-state index is 0.0566. The first-order chi connectivity index (χ1) is 13.4. The molecule has 29 heavy (non-hydrogen) atoms. The van der Waals surface area contributed by atoms with E-state index in [1.54, 1.807) is 46.8 Å². The summed E-state index contributed by atoms with van der Waals surface area (Å²) in [6.07, 6.45) is -0.209. The van der Waals surface area contributed by atoms with Gasteiger partial charge in [-0.3, -0.25) is 9.59 Å². The van der Waals surface area contributed by atoms with Crippen LogP contribution >= 0.6 is 0 Å². The molecule has 162 valence electrons. The van der Waals surface area contributed by atoms with Crippen LogP contribution in [0.25, 0.3) is 0 Å². The smallest absolute Gasteiger partial charge is 0.408 e. The van der Waals surface area contributed by atoms with Gasteiger partial charge in [0.1, 0.15) is 17.5 Å². The van der Waals surface area contributed by atoms with Crippen molar-refractivity contribution in [1.29, 1.82) is 0 Å². The van der Waals surface area contributed by atoms with Crippen LogP contribution in [0.4, 0.5) is 9.18 Å². The highest BCUT2D eigenvalue weighted by atomic mass is 19.1. The van der Waals surface area contributed by atoms with Gasteiger partial charge in [0.25, 0.3) is 0 Å². The number of methoxy groups -OCH3 is 1. The van der Waals surface area contributed by atoms with Crippen molar-refractivity contribution in [3.05, 3.63) is 35.6 Å². The molecule has 0 radical (unpaired) electrons. The molecule has 2 N–H and O–H groups in total. The van der Waals surface area contributed by atoms with Gasteiger partial charge in [0.2, 0.25) is 5.91 Å². The van der Waals surface area contributed by atoms with Gasteiger partial charge in [-0.05, 0) is 58.2 Å². The third-order valence-electron chi connectivity index (χ3n) is 4.04. The van der Waals surface area contributed by atoms with Crippen molar-refractivity contribution in [3.63, 3.8) is 0 Å². The highest BCUT2D eigenvalue weighted by molar-refractivity contribution is 5.86. The van der Waals surface area contributed by atoms with Crippen molar-refractivity contribution in [2.24, 2.45) is 5.92 Å². The number of esters is 1. The van der Waals surface area contributed by atoms with E-state index < -0.39 is 35.5 Å². The molecule has 1 rings (SSSR count). The fourth-order valence-electron chi connectivity index (χ4n) is 2.70. The number of benzene rings is 1. The van der Waals surface area contributed by atoms with Crippen LogP contribution in [0.5, 0.6) is 0 Å². The molecule has 1 aromatic rings. The molecule has 8 heteroatoms. The number of carbonyl (C=O) groups is 3. The molecule has 0 fully saturated rings. The summed E-state index contributed by atoms with van der Waals surface area (Å²) in [5.74, 6) is -1.85. The lowest BCUT2D eigenvalue weighted by Crippen LogP contribution is -2.51. The van der Waals surface area contributed by atoms with Crippen molar-refractivity contribution >= 4 is 18.0 Å². The molecule has 0 saturated heterocycles. The topological polar surface area (TPSA) is 93.7 Å². The van der Waals surface area contributed by atoms with Crippen molar-refractivity contribution in [3.8, 4) is 0 Å². The summed E-state index contributed by atoms with van der Waals surface area (Å²) >= 11 is 0. The van der Waals surface area contributed by atoms with E-state index in [1.807, 2.05) is 0 Å². The third-order valence-corrected chi connectivity index (χ3v) is 4.04. The van der Waals surface area contributed by atoms with E-state index in [0.717, 1.165) is 5.56 Å². The van der Waals surface area contributed by atoms with Gasteiger partial charge in [-0.25, -0.2) is 9.18 Å². The predicted molar refractivity (Wildman–Crippen MR) is 107 cm³/mol. The van der Waals surface area contributed by atoms with Gasteiger partial charge >= 0.3 is 12.1 Å². The Kier molecular flexibility index (Phi) is 9.07. The molecule has 0 aliphatic carbocycles. The zero-order chi connectivity index (χ0) is 22.2. The number of halogens is 1. The van der Waals surface area contributed by atoms with E-state index in [2.05, 4.69) is 10.6 Å². The number of hydrogen-bond acceptors (Lipinski definition) is 5. The molecular formula is C21H31FN2O5. The van der Waals surface area contributed by atoms with Crippen molar-refractivity contribution in [1.82, 2.24) is 10.6 Å². The first-order valence-corrected chi connectivity index (χ1v) is 9.53. The first-order valence-electron chi connectivity index (χ1n) is 9.53. The van der Waals surface area contributed by atoms with Crippen molar-refractivity contribution in [2.75, 3.05) is 7.11 Å². The Morgan fingerprint density at radius 3 is 2.17 bits per heavy atom. The summed E-state index contributed by atoms with van der Waals surface area (Å²) in [6.45, 7) is 8.55. The van der Waals surface area contributed by atoms with Gasteiger partial charge in [-0.2, -0.15) is 0 Å². The van der Waals surface area contributed by atoms with Gasteiger partial charge in [-0.15, -0.1) is 0 Å². The van der Waals surface area contributed by atoms with Crippen LogP contribution in [0, 0.1) is 11.7 Å². The summed E-state index contributed by atoms with van der Waals surface area (Å²) in [6, 6.07) is 4.75. The molecule has 0 bridgehead atoms. The maximum atomic E-state index is 13.0. The summed E-state index contributed by atoms with van der Waals surface area (Å²) in [5.41, 5.74) is 0.133. The lowest BCUT2D eigenvalue weighted by atomic mass is 10.0. The second-order valence-electron chi connectivity index (χ2n) is 8.10. The number of nitrogens with one attached hydrogen (secondary N) is 2. The van der Waals surface area contributed by atoms with Crippen LogP contribution in [0.2, 0.25) is 0 Å². The van der Waals surface area contributed by atoms with E-state index in [-0.39, 0.29) is 18.3 Å². The molecule has 2 unspecified atom stereocenters. The van der Waals surface area contributed by atoms with Crippen LogP contribution in [-0.2, 0) is 25.5 Å². The largest absolute Gasteiger partial charge is 0.469 e. The van der Waals surface area contributed by atoms with Gasteiger partial charge in [0, 0.05) is 6.04 Å². The number of amides is 2. The second-order valence-corrected chi connectivity index (χ2v) is 8.10.